The third-order valence-corrected chi connectivity index (χ3v) is 7.67. The number of aromatic nitrogens is 3. The molecule has 37 heavy (non-hydrogen) atoms. The summed E-state index contributed by atoms with van der Waals surface area (Å²) in [6.07, 6.45) is 5.57. The maximum atomic E-state index is 13.6. The molecule has 2 aromatic heterocycles. The number of nitrogens with one attached hydrogen (secondary N) is 4. The van der Waals surface area contributed by atoms with Crippen LogP contribution in [0, 0.1) is 0 Å². The fourth-order valence-corrected chi connectivity index (χ4v) is 5.17. The maximum Gasteiger partial charge on any atom is 0.256 e. The van der Waals surface area contributed by atoms with Gasteiger partial charge in [0.05, 0.1) is 5.69 Å². The van der Waals surface area contributed by atoms with E-state index in [2.05, 4.69) is 54.4 Å². The lowest BCUT2D eigenvalue weighted by Crippen LogP contribution is -2.33. The third-order valence-electron chi connectivity index (χ3n) is 7.67. The van der Waals surface area contributed by atoms with Gasteiger partial charge in [-0.2, -0.15) is 4.98 Å². The fraction of sp³-hybridized carbons (Fsp3) is 0.429. The standard InChI is InChI=1S/C28H32FN7O/c1-17(2)32-25(37)20-14-31-26(33-19-6-7-21-18(12-19)13-30-16-28(21)10-11-28)36-24(20)35-23-5-3-4-22(34-23)27(15-29)8-9-27/h3-7,12,14,17,30H,8-11,13,15-16H2,1-2H3,(H,32,37)(H2,31,33,34,35,36). The van der Waals surface area contributed by atoms with E-state index >= 15 is 0 Å². The number of carbonyl (C=O) groups excluding carboxylic acids is 1. The zero-order chi connectivity index (χ0) is 25.6. The van der Waals surface area contributed by atoms with Crippen molar-refractivity contribution in [1.29, 1.82) is 0 Å². The first-order valence-electron chi connectivity index (χ1n) is 13.0. The first kappa shape index (κ1) is 23.8. The molecule has 2 saturated carbocycles. The number of hydrogen-bond donors (Lipinski definition) is 4. The molecule has 0 atom stereocenters. The number of amides is 1. The zero-order valence-electron chi connectivity index (χ0n) is 21.2. The van der Waals surface area contributed by atoms with Crippen LogP contribution < -0.4 is 21.3 Å². The molecule has 0 radical (unpaired) electrons. The number of anilines is 4. The molecule has 1 aliphatic heterocycles. The second-order valence-electron chi connectivity index (χ2n) is 10.9. The number of halogens is 1. The van der Waals surface area contributed by atoms with Gasteiger partial charge in [0.1, 0.15) is 23.9 Å². The summed E-state index contributed by atoms with van der Waals surface area (Å²) < 4.78 is 13.6. The average molecular weight is 502 g/mol. The van der Waals surface area contributed by atoms with Crippen LogP contribution in [0.1, 0.15) is 66.7 Å². The Morgan fingerprint density at radius 3 is 2.68 bits per heavy atom. The summed E-state index contributed by atoms with van der Waals surface area (Å²) in [4.78, 5) is 26.6. The molecule has 3 aliphatic rings. The molecular formula is C28H32FN7O. The smallest absolute Gasteiger partial charge is 0.256 e. The first-order chi connectivity index (χ1) is 17.9. The van der Waals surface area contributed by atoms with E-state index in [1.807, 2.05) is 26.0 Å². The van der Waals surface area contributed by atoms with Crippen LogP contribution in [0.5, 0.6) is 0 Å². The van der Waals surface area contributed by atoms with Crippen LogP contribution in [0.15, 0.2) is 42.6 Å². The molecule has 0 saturated heterocycles. The first-order valence-corrected chi connectivity index (χ1v) is 13.0. The van der Waals surface area contributed by atoms with Crippen LogP contribution in [-0.2, 0) is 17.4 Å². The SMILES string of the molecule is CC(C)NC(=O)c1cnc(Nc2ccc3c(c2)CNCC32CC2)nc1Nc1cccc(C2(CF)CC2)n1. The molecule has 2 fully saturated rings. The zero-order valence-corrected chi connectivity index (χ0v) is 21.2. The van der Waals surface area contributed by atoms with Crippen molar-refractivity contribution in [2.45, 2.75) is 62.9 Å². The van der Waals surface area contributed by atoms with Crippen LogP contribution in [0.4, 0.5) is 27.7 Å². The lowest BCUT2D eigenvalue weighted by molar-refractivity contribution is 0.0943. The molecule has 3 aromatic rings. The summed E-state index contributed by atoms with van der Waals surface area (Å²) in [7, 11) is 0. The minimum atomic E-state index is -0.478. The number of alkyl halides is 1. The van der Waals surface area contributed by atoms with E-state index < -0.39 is 12.1 Å². The van der Waals surface area contributed by atoms with Crippen molar-refractivity contribution in [3.63, 3.8) is 0 Å². The van der Waals surface area contributed by atoms with E-state index in [4.69, 9.17) is 0 Å². The molecule has 6 rings (SSSR count). The van der Waals surface area contributed by atoms with Crippen LogP contribution >= 0.6 is 0 Å². The highest BCUT2D eigenvalue weighted by Crippen LogP contribution is 2.51. The molecule has 9 heteroatoms. The Morgan fingerprint density at radius 1 is 1.11 bits per heavy atom. The summed E-state index contributed by atoms with van der Waals surface area (Å²) >= 11 is 0. The normalized spacial score (nSPS) is 18.3. The van der Waals surface area contributed by atoms with Crippen LogP contribution in [-0.4, -0.2) is 40.1 Å². The van der Waals surface area contributed by atoms with Crippen LogP contribution in [0.2, 0.25) is 0 Å². The van der Waals surface area contributed by atoms with Gasteiger partial charge in [-0.1, -0.05) is 12.1 Å². The monoisotopic (exact) mass is 501 g/mol. The van der Waals surface area contributed by atoms with E-state index in [0.717, 1.165) is 37.3 Å². The summed E-state index contributed by atoms with van der Waals surface area (Å²) in [6.45, 7) is 5.26. The fourth-order valence-electron chi connectivity index (χ4n) is 5.17. The maximum absolute atomic E-state index is 13.6. The summed E-state index contributed by atoms with van der Waals surface area (Å²) in [6, 6.07) is 11.9. The van der Waals surface area contributed by atoms with Crippen molar-refractivity contribution in [2.75, 3.05) is 23.9 Å². The van der Waals surface area contributed by atoms with Gasteiger partial charge in [0.15, 0.2) is 0 Å². The van der Waals surface area contributed by atoms with Crippen molar-refractivity contribution < 1.29 is 9.18 Å². The summed E-state index contributed by atoms with van der Waals surface area (Å²) in [5.74, 6) is 0.932. The number of nitrogens with zero attached hydrogens (tertiary/aromatic N) is 3. The van der Waals surface area contributed by atoms with E-state index in [9.17, 15) is 9.18 Å². The van der Waals surface area contributed by atoms with Crippen LogP contribution in [0.3, 0.4) is 0 Å². The van der Waals surface area contributed by atoms with Gasteiger partial charge in [0, 0.05) is 41.8 Å². The molecule has 2 aliphatic carbocycles. The van der Waals surface area contributed by atoms with Crippen molar-refractivity contribution in [1.82, 2.24) is 25.6 Å². The number of fused-ring (bicyclic) bond motifs is 2. The molecule has 192 valence electrons. The lowest BCUT2D eigenvalue weighted by Gasteiger charge is -2.26. The molecule has 0 unspecified atom stereocenters. The quantitative estimate of drug-likeness (QED) is 0.357. The summed E-state index contributed by atoms with van der Waals surface area (Å²) in [5, 5.41) is 12.9. The van der Waals surface area contributed by atoms with Crippen molar-refractivity contribution in [3.8, 4) is 0 Å². The van der Waals surface area contributed by atoms with E-state index in [-0.39, 0.29) is 11.9 Å². The minimum Gasteiger partial charge on any atom is -0.350 e. The lowest BCUT2D eigenvalue weighted by atomic mass is 9.88. The predicted molar refractivity (Wildman–Crippen MR) is 141 cm³/mol. The van der Waals surface area contributed by atoms with Gasteiger partial charge in [-0.15, -0.1) is 0 Å². The number of hydrogen-bond acceptors (Lipinski definition) is 7. The highest BCUT2D eigenvalue weighted by molar-refractivity contribution is 5.99. The molecule has 4 N–H and O–H groups in total. The summed E-state index contributed by atoms with van der Waals surface area (Å²) in [5.41, 5.74) is 4.49. The van der Waals surface area contributed by atoms with Crippen LogP contribution in [0.25, 0.3) is 0 Å². The van der Waals surface area contributed by atoms with Gasteiger partial charge >= 0.3 is 0 Å². The van der Waals surface area contributed by atoms with Crippen molar-refractivity contribution in [3.05, 3.63) is 65.0 Å². The number of carbonyl (C=O) groups is 1. The number of benzene rings is 1. The molecular weight excluding hydrogens is 469 g/mol. The highest BCUT2D eigenvalue weighted by atomic mass is 19.1. The Bertz CT molecular complexity index is 1350. The Balaban J connectivity index is 1.29. The molecule has 1 amide bonds. The Hall–Kier alpha value is -3.59. The van der Waals surface area contributed by atoms with E-state index in [0.29, 0.717) is 28.6 Å². The molecule has 1 spiro atoms. The van der Waals surface area contributed by atoms with Gasteiger partial charge in [-0.25, -0.2) is 9.97 Å². The Kier molecular flexibility index (Phi) is 5.82. The number of rotatable bonds is 8. The topological polar surface area (TPSA) is 104 Å². The number of pyridine rings is 1. The van der Waals surface area contributed by atoms with E-state index in [1.165, 1.54) is 30.2 Å². The van der Waals surface area contributed by atoms with E-state index in [1.54, 1.807) is 6.07 Å². The van der Waals surface area contributed by atoms with Crippen molar-refractivity contribution in [2.24, 2.45) is 0 Å². The van der Waals surface area contributed by atoms with Gasteiger partial charge in [0.2, 0.25) is 5.95 Å². The predicted octanol–water partition coefficient (Wildman–Crippen LogP) is 4.63. The second kappa shape index (κ2) is 9.06. The Morgan fingerprint density at radius 2 is 1.95 bits per heavy atom. The molecule has 8 nitrogen and oxygen atoms in total. The third kappa shape index (κ3) is 4.64. The van der Waals surface area contributed by atoms with Gasteiger partial charge < -0.3 is 21.3 Å². The largest absolute Gasteiger partial charge is 0.350 e. The van der Waals surface area contributed by atoms with Gasteiger partial charge in [-0.05, 0) is 74.9 Å². The molecule has 3 heterocycles. The van der Waals surface area contributed by atoms with Gasteiger partial charge in [0.25, 0.3) is 5.91 Å². The minimum absolute atomic E-state index is 0.0438. The second-order valence-corrected chi connectivity index (χ2v) is 10.9. The molecule has 0 bridgehead atoms. The van der Waals surface area contributed by atoms with Gasteiger partial charge in [-0.3, -0.25) is 9.18 Å². The highest BCUT2D eigenvalue weighted by Gasteiger charge is 2.47. The van der Waals surface area contributed by atoms with Crippen molar-refractivity contribution >= 4 is 29.2 Å². The molecule has 1 aromatic carbocycles. The Labute approximate surface area is 215 Å². The average Bonchev–Trinajstić information content (AvgIpc) is 3.81.